The molecule has 5 heterocycles. The van der Waals surface area contributed by atoms with Gasteiger partial charge in [-0.2, -0.15) is 5.26 Å². The first-order valence-corrected chi connectivity index (χ1v) is 30.3. The fourth-order valence-corrected chi connectivity index (χ4v) is 14.0. The molecule has 0 atom stereocenters. The van der Waals surface area contributed by atoms with E-state index in [0.717, 1.165) is 127 Å². The van der Waals surface area contributed by atoms with Gasteiger partial charge in [0.1, 0.15) is 0 Å². The number of nitriles is 1. The van der Waals surface area contributed by atoms with Crippen molar-refractivity contribution < 1.29 is 0 Å². The summed E-state index contributed by atoms with van der Waals surface area (Å²) in [6, 6.07) is 110. The lowest BCUT2D eigenvalue weighted by molar-refractivity contribution is 1.07. The third kappa shape index (κ3) is 7.97. The van der Waals surface area contributed by atoms with Crippen molar-refractivity contribution in [1.29, 1.82) is 5.26 Å². The Morgan fingerprint density at radius 2 is 0.567 bits per heavy atom. The molecule has 0 spiro atoms. The Hall–Kier alpha value is -12.4. The van der Waals surface area contributed by atoms with Gasteiger partial charge in [0.05, 0.1) is 67.1 Å². The summed E-state index contributed by atoms with van der Waals surface area (Å²) in [6.07, 6.45) is 0. The van der Waals surface area contributed by atoms with Crippen molar-refractivity contribution in [2.45, 2.75) is 0 Å². The molecule has 0 aliphatic carbocycles. The monoisotopic (exact) mass is 1150 g/mol. The van der Waals surface area contributed by atoms with Crippen molar-refractivity contribution in [3.8, 4) is 85.2 Å². The van der Waals surface area contributed by atoms with E-state index in [9.17, 15) is 5.26 Å². The zero-order valence-electron chi connectivity index (χ0n) is 48.4. The maximum Gasteiger partial charge on any atom is 0.164 e. The minimum atomic E-state index is 0.541. The van der Waals surface area contributed by atoms with Crippen LogP contribution < -0.4 is 0 Å². The van der Waals surface area contributed by atoms with Crippen LogP contribution in [0.3, 0.4) is 0 Å². The topological polar surface area (TPSA) is 82.2 Å². The van der Waals surface area contributed by atoms with Crippen LogP contribution in [-0.4, -0.2) is 33.2 Å². The van der Waals surface area contributed by atoms with Gasteiger partial charge in [0.25, 0.3) is 0 Å². The molecule has 0 fully saturated rings. The van der Waals surface area contributed by atoms with Gasteiger partial charge in [-0.15, -0.1) is 0 Å². The summed E-state index contributed by atoms with van der Waals surface area (Å²) in [7, 11) is 0. The van der Waals surface area contributed by atoms with Crippen molar-refractivity contribution in [3.05, 3.63) is 309 Å². The molecular formula is C82H50N8. The average Bonchev–Trinajstić information content (AvgIpc) is 1.65. The first-order valence-electron chi connectivity index (χ1n) is 30.3. The van der Waals surface area contributed by atoms with Gasteiger partial charge in [0.2, 0.25) is 0 Å². The van der Waals surface area contributed by atoms with E-state index >= 15 is 0 Å². The van der Waals surface area contributed by atoms with E-state index in [1.165, 1.54) is 21.5 Å². The molecule has 0 unspecified atom stereocenters. The fourth-order valence-electron chi connectivity index (χ4n) is 14.0. The molecule has 0 aliphatic heterocycles. The quantitative estimate of drug-likeness (QED) is 0.144. The number of nitrogens with zero attached hydrogens (tertiary/aromatic N) is 8. The van der Waals surface area contributed by atoms with Crippen LogP contribution in [0.15, 0.2) is 303 Å². The summed E-state index contributed by atoms with van der Waals surface area (Å²) in [5.74, 6) is 1.70. The number of hydrogen-bond donors (Lipinski definition) is 0. The second-order valence-corrected chi connectivity index (χ2v) is 23.0. The molecule has 0 radical (unpaired) electrons. The summed E-state index contributed by atoms with van der Waals surface area (Å²) in [4.78, 5) is 15.9. The maximum atomic E-state index is 10.4. The van der Waals surface area contributed by atoms with Crippen LogP contribution >= 0.6 is 0 Å². The second kappa shape index (κ2) is 20.3. The molecule has 0 bridgehead atoms. The maximum absolute atomic E-state index is 10.4. The van der Waals surface area contributed by atoms with Gasteiger partial charge in [-0.25, -0.2) is 15.0 Å². The second-order valence-electron chi connectivity index (χ2n) is 23.0. The highest BCUT2D eigenvalue weighted by Gasteiger charge is 2.26. The molecule has 5 aromatic heterocycles. The van der Waals surface area contributed by atoms with Crippen molar-refractivity contribution in [3.63, 3.8) is 0 Å². The average molecular weight is 1150 g/mol. The smallest absolute Gasteiger partial charge is 0.164 e. The van der Waals surface area contributed by atoms with Crippen LogP contribution in [0.2, 0.25) is 0 Å². The molecule has 0 saturated carbocycles. The minimum Gasteiger partial charge on any atom is -0.309 e. The molecule has 18 rings (SSSR count). The first kappa shape index (κ1) is 50.8. The van der Waals surface area contributed by atoms with Crippen molar-refractivity contribution in [1.82, 2.24) is 33.2 Å². The van der Waals surface area contributed by atoms with Crippen LogP contribution in [0.5, 0.6) is 0 Å². The van der Waals surface area contributed by atoms with Crippen LogP contribution in [0, 0.1) is 11.3 Å². The van der Waals surface area contributed by atoms with Crippen LogP contribution in [0.4, 0.5) is 0 Å². The van der Waals surface area contributed by atoms with Crippen molar-refractivity contribution in [2.24, 2.45) is 0 Å². The molecule has 90 heavy (non-hydrogen) atoms. The molecule has 0 N–H and O–H groups in total. The van der Waals surface area contributed by atoms with Crippen molar-refractivity contribution in [2.75, 3.05) is 0 Å². The van der Waals surface area contributed by atoms with Gasteiger partial charge < -0.3 is 18.3 Å². The summed E-state index contributed by atoms with van der Waals surface area (Å²) in [5.41, 5.74) is 19.9. The SMILES string of the molecule is N#Cc1cccc(-c2ccc(-n3c4ccccc4c4cc5c6ccccc6n(-c6ccccc6)c5cc43)c(-c3cc(-c4nc(-c5ccccc5)nc(-c5ccccc5)n4)ccc3-n3c4ccccc4c4cc5c6ccccc6n(-c6ccccc6)c5cc43)c2)c1. The number of rotatable bonds is 9. The molecule has 8 nitrogen and oxygen atoms in total. The zero-order chi connectivity index (χ0) is 59.4. The summed E-state index contributed by atoms with van der Waals surface area (Å²) in [5, 5.41) is 19.7. The molecule has 13 aromatic carbocycles. The van der Waals surface area contributed by atoms with Crippen molar-refractivity contribution >= 4 is 87.2 Å². The summed E-state index contributed by atoms with van der Waals surface area (Å²) < 4.78 is 9.74. The molecule has 0 amide bonds. The highest BCUT2D eigenvalue weighted by atomic mass is 15.0. The van der Waals surface area contributed by atoms with Crippen LogP contribution in [-0.2, 0) is 0 Å². The molecule has 418 valence electrons. The third-order valence-corrected chi connectivity index (χ3v) is 18.0. The Morgan fingerprint density at radius 3 is 1.00 bits per heavy atom. The van der Waals surface area contributed by atoms with E-state index in [4.69, 9.17) is 15.0 Å². The Morgan fingerprint density at radius 1 is 0.233 bits per heavy atom. The van der Waals surface area contributed by atoms with E-state index in [-0.39, 0.29) is 0 Å². The predicted molar refractivity (Wildman–Crippen MR) is 369 cm³/mol. The first-order chi connectivity index (χ1) is 44.6. The van der Waals surface area contributed by atoms with E-state index in [1.54, 1.807) is 0 Å². The van der Waals surface area contributed by atoms with Gasteiger partial charge in [0.15, 0.2) is 17.5 Å². The third-order valence-electron chi connectivity index (χ3n) is 18.0. The Bertz CT molecular complexity index is 5910. The van der Waals surface area contributed by atoms with E-state index < -0.39 is 0 Å². The van der Waals surface area contributed by atoms with Gasteiger partial charge in [0, 0.05) is 82.3 Å². The molecule has 0 aliphatic rings. The summed E-state index contributed by atoms with van der Waals surface area (Å²) >= 11 is 0. The number of fused-ring (bicyclic) bond motifs is 12. The highest BCUT2D eigenvalue weighted by Crippen LogP contribution is 2.47. The zero-order valence-corrected chi connectivity index (χ0v) is 48.4. The summed E-state index contributed by atoms with van der Waals surface area (Å²) in [6.45, 7) is 0. The minimum absolute atomic E-state index is 0.541. The van der Waals surface area contributed by atoms with Crippen LogP contribution in [0.1, 0.15) is 5.56 Å². The standard InChI is InChI=1S/C82H50N8/c83-51-52-22-21-27-55(44-52)56-40-42-74(89-72-38-19-15-34-62(72)68-47-66-60-32-13-17-36-70(60)87(76(66)49-78(68)89)58-28-9-3-10-29-58)64(45-56)65-46-57(82-85-80(53-23-5-1-6-24-53)84-81(86-82)54-25-7-2-8-26-54)41-43-75(65)90-73-39-20-16-35-63(73)69-48-67-61-33-14-18-37-71(61)88(77(67)50-79(69)90)59-30-11-4-12-31-59/h1-50H. The Balaban J connectivity index is 0.988. The van der Waals surface area contributed by atoms with Gasteiger partial charge >= 0.3 is 0 Å². The van der Waals surface area contributed by atoms with Gasteiger partial charge in [-0.05, 0) is 126 Å². The lowest BCUT2D eigenvalue weighted by Crippen LogP contribution is -2.04. The Labute approximate surface area is 516 Å². The normalized spacial score (nSPS) is 11.8. The van der Waals surface area contributed by atoms with Crippen LogP contribution in [0.25, 0.3) is 166 Å². The predicted octanol–water partition coefficient (Wildman–Crippen LogP) is 20.5. The molecular weight excluding hydrogens is 1100 g/mol. The van der Waals surface area contributed by atoms with E-state index in [0.29, 0.717) is 23.0 Å². The lowest BCUT2D eigenvalue weighted by Gasteiger charge is -2.21. The highest BCUT2D eigenvalue weighted by molar-refractivity contribution is 6.21. The number of benzene rings is 13. The lowest BCUT2D eigenvalue weighted by atomic mass is 9.93. The van der Waals surface area contributed by atoms with E-state index in [1.807, 2.05) is 54.6 Å². The number of para-hydroxylation sites is 6. The van der Waals surface area contributed by atoms with E-state index in [2.05, 4.69) is 273 Å². The molecule has 8 heteroatoms. The Kier molecular flexibility index (Phi) is 11.5. The molecule has 18 aromatic rings. The molecule has 0 saturated heterocycles. The fraction of sp³-hybridized carbons (Fsp3) is 0. The van der Waals surface area contributed by atoms with Gasteiger partial charge in [-0.1, -0.05) is 188 Å². The van der Waals surface area contributed by atoms with Gasteiger partial charge in [-0.3, -0.25) is 0 Å². The number of aromatic nitrogens is 7. The number of hydrogen-bond acceptors (Lipinski definition) is 4. The largest absolute Gasteiger partial charge is 0.309 e.